The highest BCUT2D eigenvalue weighted by Gasteiger charge is 2.17. The van der Waals surface area contributed by atoms with Gasteiger partial charge in [-0.1, -0.05) is 13.0 Å². The number of rotatable bonds is 4. The minimum atomic E-state index is -3.58. The summed E-state index contributed by atoms with van der Waals surface area (Å²) in [6.07, 6.45) is 0.714. The first kappa shape index (κ1) is 12.0. The fraction of sp³-hybridized carbons (Fsp3) is 0.400. The molecule has 0 radical (unpaired) electrons. The molecule has 2 N–H and O–H groups in total. The maximum atomic E-state index is 11.7. The lowest BCUT2D eigenvalue weighted by Gasteiger charge is -2.07. The number of hydrogen-bond acceptors (Lipinski definition) is 3. The Balaban J connectivity index is 3.09. The van der Waals surface area contributed by atoms with Crippen molar-refractivity contribution in [3.8, 4) is 5.75 Å². The molecule has 0 atom stereocenters. The van der Waals surface area contributed by atoms with E-state index >= 15 is 0 Å². The summed E-state index contributed by atoms with van der Waals surface area (Å²) in [6.45, 7) is 4.02. The molecular weight excluding hydrogens is 214 g/mol. The number of benzene rings is 1. The molecule has 0 saturated carbocycles. The second kappa shape index (κ2) is 4.63. The molecule has 0 heterocycles. The highest BCUT2D eigenvalue weighted by atomic mass is 32.2. The van der Waals surface area contributed by atoms with Gasteiger partial charge in [0.2, 0.25) is 10.0 Å². The highest BCUT2D eigenvalue weighted by Crippen LogP contribution is 2.22. The van der Waals surface area contributed by atoms with Crippen molar-refractivity contribution < 1.29 is 13.5 Å². The van der Waals surface area contributed by atoms with Crippen LogP contribution >= 0.6 is 0 Å². The second-order valence-corrected chi connectivity index (χ2v) is 5.10. The van der Waals surface area contributed by atoms with Crippen LogP contribution in [0.2, 0.25) is 0 Å². The summed E-state index contributed by atoms with van der Waals surface area (Å²) in [5.74, 6) is -0.218. The van der Waals surface area contributed by atoms with E-state index < -0.39 is 10.0 Å². The summed E-state index contributed by atoms with van der Waals surface area (Å²) >= 11 is 0. The van der Waals surface area contributed by atoms with E-state index in [1.807, 2.05) is 6.92 Å². The highest BCUT2D eigenvalue weighted by molar-refractivity contribution is 7.89. The molecule has 0 fully saturated rings. The van der Waals surface area contributed by atoms with Crippen LogP contribution in [0.15, 0.2) is 23.1 Å². The predicted molar refractivity (Wildman–Crippen MR) is 58.3 cm³/mol. The Labute approximate surface area is 90.0 Å². The number of hydrogen-bond donors (Lipinski definition) is 2. The van der Waals surface area contributed by atoms with Gasteiger partial charge in [-0.25, -0.2) is 13.1 Å². The molecule has 0 aliphatic carbocycles. The van der Waals surface area contributed by atoms with Crippen molar-refractivity contribution in [1.29, 1.82) is 0 Å². The summed E-state index contributed by atoms with van der Waals surface area (Å²) in [4.78, 5) is -0.0593. The average molecular weight is 229 g/mol. The number of phenols is 1. The average Bonchev–Trinajstić information content (AvgIpc) is 2.18. The molecule has 0 unspecified atom stereocenters. The van der Waals surface area contributed by atoms with E-state index in [0.29, 0.717) is 13.0 Å². The third kappa shape index (κ3) is 2.94. The van der Waals surface area contributed by atoms with Gasteiger partial charge in [-0.2, -0.15) is 0 Å². The lowest BCUT2D eigenvalue weighted by Crippen LogP contribution is -2.24. The maximum absolute atomic E-state index is 11.7. The molecule has 5 heteroatoms. The minimum Gasteiger partial charge on any atom is -0.507 e. The van der Waals surface area contributed by atoms with E-state index in [-0.39, 0.29) is 10.6 Å². The quantitative estimate of drug-likeness (QED) is 0.820. The summed E-state index contributed by atoms with van der Waals surface area (Å²) in [6, 6.07) is 4.50. The summed E-state index contributed by atoms with van der Waals surface area (Å²) in [7, 11) is -3.58. The van der Waals surface area contributed by atoms with Crippen molar-refractivity contribution in [3.05, 3.63) is 23.8 Å². The van der Waals surface area contributed by atoms with Crippen LogP contribution in [0.1, 0.15) is 18.9 Å². The number of aryl methyl sites for hydroxylation is 1. The van der Waals surface area contributed by atoms with Crippen molar-refractivity contribution >= 4 is 10.0 Å². The number of sulfonamides is 1. The predicted octanol–water partition coefficient (Wildman–Crippen LogP) is 1.39. The Kier molecular flexibility index (Phi) is 3.71. The van der Waals surface area contributed by atoms with Crippen molar-refractivity contribution in [2.75, 3.05) is 6.54 Å². The Morgan fingerprint density at radius 3 is 2.67 bits per heavy atom. The Morgan fingerprint density at radius 2 is 2.07 bits per heavy atom. The first-order valence-electron chi connectivity index (χ1n) is 4.76. The van der Waals surface area contributed by atoms with Crippen LogP contribution in [0.25, 0.3) is 0 Å². The largest absolute Gasteiger partial charge is 0.507 e. The van der Waals surface area contributed by atoms with E-state index in [0.717, 1.165) is 5.56 Å². The molecule has 1 aromatic rings. The first-order chi connectivity index (χ1) is 6.97. The van der Waals surface area contributed by atoms with Crippen LogP contribution in [-0.2, 0) is 10.0 Å². The minimum absolute atomic E-state index is 0.0593. The van der Waals surface area contributed by atoms with Gasteiger partial charge in [-0.15, -0.1) is 0 Å². The van der Waals surface area contributed by atoms with Gasteiger partial charge < -0.3 is 5.11 Å². The van der Waals surface area contributed by atoms with Gasteiger partial charge in [0.15, 0.2) is 0 Å². The van der Waals surface area contributed by atoms with Gasteiger partial charge in [-0.3, -0.25) is 0 Å². The summed E-state index contributed by atoms with van der Waals surface area (Å²) in [5.41, 5.74) is 0.796. The molecule has 0 spiro atoms. The van der Waals surface area contributed by atoms with Crippen LogP contribution in [-0.4, -0.2) is 20.1 Å². The molecule has 4 nitrogen and oxygen atoms in total. The van der Waals surface area contributed by atoms with Crippen LogP contribution in [0, 0.1) is 6.92 Å². The van der Waals surface area contributed by atoms with E-state index in [1.54, 1.807) is 13.0 Å². The van der Waals surface area contributed by atoms with Gasteiger partial charge in [0, 0.05) is 6.54 Å². The van der Waals surface area contributed by atoms with Crippen LogP contribution < -0.4 is 4.72 Å². The topological polar surface area (TPSA) is 66.4 Å². The van der Waals surface area contributed by atoms with Crippen molar-refractivity contribution in [1.82, 2.24) is 4.72 Å². The lowest BCUT2D eigenvalue weighted by molar-refractivity contribution is 0.457. The van der Waals surface area contributed by atoms with E-state index in [2.05, 4.69) is 4.72 Å². The zero-order valence-electron chi connectivity index (χ0n) is 8.82. The lowest BCUT2D eigenvalue weighted by atomic mass is 10.2. The second-order valence-electron chi connectivity index (χ2n) is 3.37. The molecule has 0 aromatic heterocycles. The van der Waals surface area contributed by atoms with Crippen molar-refractivity contribution in [2.45, 2.75) is 25.2 Å². The standard InChI is InChI=1S/C10H15NO3S/c1-3-6-11-15(13,14)10-7-8(2)4-5-9(10)12/h4-5,7,11-12H,3,6H2,1-2H3. The number of nitrogens with one attached hydrogen (secondary N) is 1. The molecule has 0 amide bonds. The summed E-state index contributed by atoms with van der Waals surface area (Å²) in [5, 5.41) is 9.45. The normalized spacial score (nSPS) is 11.6. The molecule has 0 saturated heterocycles. The number of phenolic OH excluding ortho intramolecular Hbond substituents is 1. The molecule has 0 bridgehead atoms. The number of aromatic hydroxyl groups is 1. The van der Waals surface area contributed by atoms with Gasteiger partial charge in [-0.05, 0) is 31.0 Å². The van der Waals surface area contributed by atoms with Gasteiger partial charge in [0.05, 0.1) is 0 Å². The molecule has 84 valence electrons. The molecule has 1 aromatic carbocycles. The van der Waals surface area contributed by atoms with Crippen molar-refractivity contribution in [3.63, 3.8) is 0 Å². The zero-order chi connectivity index (χ0) is 11.5. The third-order valence-corrected chi connectivity index (χ3v) is 3.44. The van der Waals surface area contributed by atoms with E-state index in [4.69, 9.17) is 0 Å². The first-order valence-corrected chi connectivity index (χ1v) is 6.25. The fourth-order valence-electron chi connectivity index (χ4n) is 1.15. The summed E-state index contributed by atoms with van der Waals surface area (Å²) < 4.78 is 25.8. The van der Waals surface area contributed by atoms with E-state index in [1.165, 1.54) is 12.1 Å². The molecule has 0 aliphatic rings. The Bertz CT molecular complexity index is 440. The zero-order valence-corrected chi connectivity index (χ0v) is 9.63. The van der Waals surface area contributed by atoms with Gasteiger partial charge in [0.1, 0.15) is 10.6 Å². The molecule has 0 aliphatic heterocycles. The van der Waals surface area contributed by atoms with E-state index in [9.17, 15) is 13.5 Å². The van der Waals surface area contributed by atoms with Gasteiger partial charge >= 0.3 is 0 Å². The van der Waals surface area contributed by atoms with Crippen LogP contribution in [0.5, 0.6) is 5.75 Å². The third-order valence-electron chi connectivity index (χ3n) is 1.95. The Hall–Kier alpha value is -1.07. The van der Waals surface area contributed by atoms with Crippen LogP contribution in [0.3, 0.4) is 0 Å². The molecule has 1 rings (SSSR count). The smallest absolute Gasteiger partial charge is 0.244 e. The monoisotopic (exact) mass is 229 g/mol. The SMILES string of the molecule is CCCNS(=O)(=O)c1cc(C)ccc1O. The van der Waals surface area contributed by atoms with Gasteiger partial charge in [0.25, 0.3) is 0 Å². The Morgan fingerprint density at radius 1 is 1.40 bits per heavy atom. The molecular formula is C10H15NO3S. The van der Waals surface area contributed by atoms with Crippen LogP contribution in [0.4, 0.5) is 0 Å². The maximum Gasteiger partial charge on any atom is 0.244 e. The van der Waals surface area contributed by atoms with Crippen molar-refractivity contribution in [2.24, 2.45) is 0 Å². The fourth-order valence-corrected chi connectivity index (χ4v) is 2.46. The molecule has 15 heavy (non-hydrogen) atoms.